The van der Waals surface area contributed by atoms with Gasteiger partial charge in [0.2, 0.25) is 0 Å². The molecule has 0 aliphatic carbocycles. The zero-order valence-electron chi connectivity index (χ0n) is 5.07. The van der Waals surface area contributed by atoms with Crippen LogP contribution < -0.4 is 7.06 Å². The highest BCUT2D eigenvalue weighted by Gasteiger charge is 1.88. The molecule has 0 amide bonds. The average molecular weight is 360 g/mol. The van der Waals surface area contributed by atoms with E-state index in [9.17, 15) is 0 Å². The molecule has 0 saturated heterocycles. The van der Waals surface area contributed by atoms with Gasteiger partial charge in [-0.15, -0.1) is 0 Å². The molecule has 10 heavy (non-hydrogen) atoms. The summed E-state index contributed by atoms with van der Waals surface area (Å²) in [5.74, 6) is 0. The summed E-state index contributed by atoms with van der Waals surface area (Å²) in [5.41, 5.74) is 2.24. The topological polar surface area (TPSA) is 24.1 Å². The second-order valence-electron chi connectivity index (χ2n) is 1.77. The lowest BCUT2D eigenvalue weighted by atomic mass is 10.3. The Morgan fingerprint density at radius 3 is 1.30 bits per heavy atom. The molecule has 2 N–H and O–H groups in total. The smallest absolute Gasteiger partial charge is 0.0560 e. The summed E-state index contributed by atoms with van der Waals surface area (Å²) < 4.78 is 6.04. The van der Waals surface area contributed by atoms with Crippen molar-refractivity contribution in [2.75, 3.05) is 7.06 Å². The summed E-state index contributed by atoms with van der Waals surface area (Å²) in [4.78, 5) is 0. The van der Waals surface area contributed by atoms with Crippen LogP contribution in [0.1, 0.15) is 0 Å². The molecule has 2 nitrogen and oxygen atoms in total. The Kier molecular flexibility index (Phi) is 3.53. The molecule has 0 fully saturated rings. The molecule has 0 heterocycles. The molecule has 0 saturated carbocycles. The number of hydrogen-bond acceptors (Lipinski definition) is 2. The van der Waals surface area contributed by atoms with Crippen LogP contribution in [-0.2, 0) is 0 Å². The fourth-order valence-electron chi connectivity index (χ4n) is 0.596. The third-order valence-corrected chi connectivity index (χ3v) is 2.35. The van der Waals surface area contributed by atoms with Crippen LogP contribution in [0.5, 0.6) is 0 Å². The third-order valence-electron chi connectivity index (χ3n) is 1.10. The van der Waals surface area contributed by atoms with Crippen molar-refractivity contribution in [3.8, 4) is 0 Å². The maximum absolute atomic E-state index is 3.02. The normalized spacial score (nSPS) is 9.00. The molecule has 54 valence electrons. The van der Waals surface area contributed by atoms with Gasteiger partial charge in [0, 0.05) is 11.4 Å². The maximum atomic E-state index is 3.02. The quantitative estimate of drug-likeness (QED) is 0.626. The van der Waals surface area contributed by atoms with Gasteiger partial charge < -0.3 is 7.06 Å². The molecule has 1 rings (SSSR count). The molecular formula is C6H6I2N2. The third kappa shape index (κ3) is 2.15. The Bertz CT molecular complexity index is 174. The first-order valence-electron chi connectivity index (χ1n) is 2.70. The van der Waals surface area contributed by atoms with Gasteiger partial charge in [-0.1, -0.05) is 0 Å². The molecular weight excluding hydrogens is 354 g/mol. The minimum atomic E-state index is 1.12. The standard InChI is InChI=1S/C6H6I2N2/c7-9-5-1-2-6(10-8)4-3-5/h1-4,9-10H. The second kappa shape index (κ2) is 4.22. The molecule has 0 atom stereocenters. The van der Waals surface area contributed by atoms with E-state index < -0.39 is 0 Å². The van der Waals surface area contributed by atoms with E-state index in [1.165, 1.54) is 0 Å². The summed E-state index contributed by atoms with van der Waals surface area (Å²) in [6.07, 6.45) is 0. The van der Waals surface area contributed by atoms with Crippen LogP contribution in [0.2, 0.25) is 0 Å². The summed E-state index contributed by atoms with van der Waals surface area (Å²) in [6.45, 7) is 0. The van der Waals surface area contributed by atoms with E-state index >= 15 is 0 Å². The van der Waals surface area contributed by atoms with Crippen molar-refractivity contribution >= 4 is 57.1 Å². The van der Waals surface area contributed by atoms with Gasteiger partial charge in [0.15, 0.2) is 0 Å². The van der Waals surface area contributed by atoms with Crippen molar-refractivity contribution in [2.45, 2.75) is 0 Å². The van der Waals surface area contributed by atoms with Crippen molar-refractivity contribution in [2.24, 2.45) is 0 Å². The highest BCUT2D eigenvalue weighted by Crippen LogP contribution is 2.15. The first-order chi connectivity index (χ1) is 4.86. The number of rotatable bonds is 2. The minimum Gasteiger partial charge on any atom is -0.328 e. The number of halogens is 2. The van der Waals surface area contributed by atoms with Gasteiger partial charge in [-0.25, -0.2) is 0 Å². The number of nitrogens with one attached hydrogen (secondary N) is 2. The van der Waals surface area contributed by atoms with Crippen LogP contribution in [0.25, 0.3) is 0 Å². The van der Waals surface area contributed by atoms with Gasteiger partial charge in [-0.3, -0.25) is 0 Å². The fourth-order valence-corrected chi connectivity index (χ4v) is 1.32. The van der Waals surface area contributed by atoms with E-state index in [1.807, 2.05) is 24.3 Å². The lowest BCUT2D eigenvalue weighted by molar-refractivity contribution is 1.69. The SMILES string of the molecule is INc1ccc(NI)cc1. The van der Waals surface area contributed by atoms with Gasteiger partial charge >= 0.3 is 0 Å². The van der Waals surface area contributed by atoms with Crippen LogP contribution >= 0.6 is 45.7 Å². The van der Waals surface area contributed by atoms with Crippen molar-refractivity contribution < 1.29 is 0 Å². The fraction of sp³-hybridized carbons (Fsp3) is 0. The number of benzene rings is 1. The van der Waals surface area contributed by atoms with E-state index in [-0.39, 0.29) is 0 Å². The molecule has 0 aromatic heterocycles. The highest BCUT2D eigenvalue weighted by atomic mass is 127. The molecule has 0 aliphatic heterocycles. The Morgan fingerprint density at radius 2 is 1.10 bits per heavy atom. The monoisotopic (exact) mass is 360 g/mol. The summed E-state index contributed by atoms with van der Waals surface area (Å²) >= 11 is 4.21. The lowest BCUT2D eigenvalue weighted by Crippen LogP contribution is -1.80. The van der Waals surface area contributed by atoms with Crippen molar-refractivity contribution in [3.63, 3.8) is 0 Å². The molecule has 0 aliphatic rings. The first kappa shape index (κ1) is 8.38. The predicted molar refractivity (Wildman–Crippen MR) is 61.7 cm³/mol. The maximum Gasteiger partial charge on any atom is 0.0560 e. The first-order valence-corrected chi connectivity index (χ1v) is 4.86. The molecule has 1 aromatic rings. The van der Waals surface area contributed by atoms with Gasteiger partial charge in [-0.2, -0.15) is 0 Å². The zero-order chi connectivity index (χ0) is 7.40. The Morgan fingerprint density at radius 1 is 0.800 bits per heavy atom. The number of hydrogen-bond donors (Lipinski definition) is 2. The van der Waals surface area contributed by atoms with Crippen molar-refractivity contribution in [1.82, 2.24) is 0 Å². The van der Waals surface area contributed by atoms with E-state index in [2.05, 4.69) is 52.8 Å². The Balaban J connectivity index is 2.80. The Labute approximate surface area is 87.8 Å². The van der Waals surface area contributed by atoms with Crippen molar-refractivity contribution in [1.29, 1.82) is 0 Å². The van der Waals surface area contributed by atoms with Crippen LogP contribution in [-0.4, -0.2) is 0 Å². The van der Waals surface area contributed by atoms with Crippen molar-refractivity contribution in [3.05, 3.63) is 24.3 Å². The van der Waals surface area contributed by atoms with Crippen LogP contribution in [0.3, 0.4) is 0 Å². The largest absolute Gasteiger partial charge is 0.328 e. The summed E-state index contributed by atoms with van der Waals surface area (Å²) in [6, 6.07) is 8.09. The average Bonchev–Trinajstić information content (AvgIpc) is 2.05. The van der Waals surface area contributed by atoms with E-state index in [4.69, 9.17) is 0 Å². The van der Waals surface area contributed by atoms with Crippen LogP contribution in [0, 0.1) is 0 Å². The Hall–Kier alpha value is 0.280. The van der Waals surface area contributed by atoms with Gasteiger partial charge in [0.05, 0.1) is 45.7 Å². The molecule has 0 unspecified atom stereocenters. The lowest BCUT2D eigenvalue weighted by Gasteiger charge is -1.99. The molecule has 0 spiro atoms. The minimum absolute atomic E-state index is 1.12. The van der Waals surface area contributed by atoms with Gasteiger partial charge in [-0.05, 0) is 24.3 Å². The second-order valence-corrected chi connectivity index (χ2v) is 2.85. The predicted octanol–water partition coefficient (Wildman–Crippen LogP) is 3.21. The van der Waals surface area contributed by atoms with Gasteiger partial charge in [0.25, 0.3) is 0 Å². The molecule has 0 radical (unpaired) electrons. The van der Waals surface area contributed by atoms with E-state index in [1.54, 1.807) is 0 Å². The number of anilines is 2. The molecule has 4 heteroatoms. The van der Waals surface area contributed by atoms with Crippen LogP contribution in [0.15, 0.2) is 24.3 Å². The molecule has 1 aromatic carbocycles. The van der Waals surface area contributed by atoms with E-state index in [0.717, 1.165) is 11.4 Å². The zero-order valence-corrected chi connectivity index (χ0v) is 9.38. The summed E-state index contributed by atoms with van der Waals surface area (Å²) in [5, 5.41) is 0. The highest BCUT2D eigenvalue weighted by molar-refractivity contribution is 14.1. The molecule has 0 bridgehead atoms. The summed E-state index contributed by atoms with van der Waals surface area (Å²) in [7, 11) is 0. The van der Waals surface area contributed by atoms with Gasteiger partial charge in [0.1, 0.15) is 0 Å². The van der Waals surface area contributed by atoms with Crippen LogP contribution in [0.4, 0.5) is 11.4 Å². The van der Waals surface area contributed by atoms with E-state index in [0.29, 0.717) is 0 Å².